The maximum Gasteiger partial charge on any atom is 0.306 e. The van der Waals surface area contributed by atoms with Gasteiger partial charge in [-0.3, -0.25) is 14.4 Å². The SMILES string of the molecule is CCCCCCCCCCCCCCC(=O)OC[C@H](COC(=O)CCCCCCCCCCC(C)C)OC(=O)CCCCCCCCCCCCCCCCC(C)CC. The second-order valence-electron chi connectivity index (χ2n) is 18.9. The molecule has 59 heavy (non-hydrogen) atoms. The Bertz CT molecular complexity index is 902. The number of ether oxygens (including phenoxy) is 3. The van der Waals surface area contributed by atoms with Crippen LogP contribution in [0.5, 0.6) is 0 Å². The van der Waals surface area contributed by atoms with Gasteiger partial charge in [-0.2, -0.15) is 0 Å². The molecular weight excluding hydrogens is 733 g/mol. The van der Waals surface area contributed by atoms with E-state index < -0.39 is 6.10 Å². The maximum atomic E-state index is 12.8. The Morgan fingerprint density at radius 2 is 0.644 bits per heavy atom. The number of hydrogen-bond acceptors (Lipinski definition) is 6. The summed E-state index contributed by atoms with van der Waals surface area (Å²) < 4.78 is 16.8. The number of hydrogen-bond donors (Lipinski definition) is 0. The van der Waals surface area contributed by atoms with Crippen LogP contribution in [0.1, 0.15) is 291 Å². The molecule has 6 heteroatoms. The molecule has 0 saturated heterocycles. The highest BCUT2D eigenvalue weighted by atomic mass is 16.6. The molecule has 350 valence electrons. The van der Waals surface area contributed by atoms with Crippen molar-refractivity contribution in [1.82, 2.24) is 0 Å². The topological polar surface area (TPSA) is 78.9 Å². The van der Waals surface area contributed by atoms with Crippen molar-refractivity contribution < 1.29 is 28.6 Å². The van der Waals surface area contributed by atoms with Gasteiger partial charge in [0.2, 0.25) is 0 Å². The number of carbonyl (C=O) groups is 3. The van der Waals surface area contributed by atoms with Gasteiger partial charge in [-0.05, 0) is 31.1 Å². The minimum absolute atomic E-state index is 0.0638. The molecule has 1 unspecified atom stereocenters. The molecule has 0 spiro atoms. The second-order valence-corrected chi connectivity index (χ2v) is 18.9. The van der Waals surface area contributed by atoms with Gasteiger partial charge < -0.3 is 14.2 Å². The average Bonchev–Trinajstić information content (AvgIpc) is 3.22. The van der Waals surface area contributed by atoms with E-state index >= 15 is 0 Å². The fourth-order valence-electron chi connectivity index (χ4n) is 7.96. The van der Waals surface area contributed by atoms with Gasteiger partial charge in [-0.25, -0.2) is 0 Å². The van der Waals surface area contributed by atoms with E-state index in [9.17, 15) is 14.4 Å². The van der Waals surface area contributed by atoms with Gasteiger partial charge in [0.15, 0.2) is 6.10 Å². The van der Waals surface area contributed by atoms with E-state index in [0.717, 1.165) is 69.6 Å². The standard InChI is InChI=1S/C53H102O6/c1-6-8-9-10-11-12-13-19-22-28-33-38-43-51(54)57-46-50(47-58-52(55)44-39-34-29-25-24-26-31-36-41-48(3)4)59-53(56)45-40-35-30-23-20-17-15-14-16-18-21-27-32-37-42-49(5)7-2/h48-50H,6-47H2,1-5H3/t49?,50-/m1/s1. The van der Waals surface area contributed by atoms with Crippen molar-refractivity contribution in [3.8, 4) is 0 Å². The summed E-state index contributed by atoms with van der Waals surface area (Å²) in [4.78, 5) is 37.9. The zero-order valence-electron chi connectivity index (χ0n) is 40.4. The zero-order chi connectivity index (χ0) is 43.3. The monoisotopic (exact) mass is 835 g/mol. The Balaban J connectivity index is 4.29. The van der Waals surface area contributed by atoms with Crippen LogP contribution in [0.25, 0.3) is 0 Å². The minimum Gasteiger partial charge on any atom is -0.462 e. The first-order valence-corrected chi connectivity index (χ1v) is 26.3. The Morgan fingerprint density at radius 3 is 0.966 bits per heavy atom. The van der Waals surface area contributed by atoms with Crippen molar-refractivity contribution >= 4 is 17.9 Å². The molecule has 0 heterocycles. The van der Waals surface area contributed by atoms with Crippen LogP contribution in [-0.4, -0.2) is 37.2 Å². The summed E-state index contributed by atoms with van der Waals surface area (Å²) in [5, 5.41) is 0. The van der Waals surface area contributed by atoms with Crippen LogP contribution in [0, 0.1) is 11.8 Å². The number of esters is 3. The summed E-state index contributed by atoms with van der Waals surface area (Å²) in [6.45, 7) is 11.4. The number of carbonyl (C=O) groups excluding carboxylic acids is 3. The molecule has 0 rings (SSSR count). The Kier molecular flexibility index (Phi) is 44.7. The van der Waals surface area contributed by atoms with E-state index in [0.29, 0.717) is 19.3 Å². The number of unbranched alkanes of at least 4 members (excludes halogenated alkanes) is 31. The van der Waals surface area contributed by atoms with Crippen molar-refractivity contribution in [3.05, 3.63) is 0 Å². The first-order valence-electron chi connectivity index (χ1n) is 26.3. The van der Waals surface area contributed by atoms with Gasteiger partial charge in [0.25, 0.3) is 0 Å². The predicted octanol–water partition coefficient (Wildman–Crippen LogP) is 16.9. The predicted molar refractivity (Wildman–Crippen MR) is 252 cm³/mol. The van der Waals surface area contributed by atoms with Gasteiger partial charge in [-0.1, -0.05) is 253 Å². The van der Waals surface area contributed by atoms with E-state index in [2.05, 4.69) is 34.6 Å². The Hall–Kier alpha value is -1.59. The fourth-order valence-corrected chi connectivity index (χ4v) is 7.96. The molecule has 0 fully saturated rings. The van der Waals surface area contributed by atoms with Crippen LogP contribution >= 0.6 is 0 Å². The lowest BCUT2D eigenvalue weighted by Gasteiger charge is -2.18. The molecule has 0 aliphatic rings. The molecule has 0 N–H and O–H groups in total. The summed E-state index contributed by atoms with van der Waals surface area (Å²) >= 11 is 0. The fraction of sp³-hybridized carbons (Fsp3) is 0.943. The molecule has 2 atom stereocenters. The summed E-state index contributed by atoms with van der Waals surface area (Å²) in [7, 11) is 0. The highest BCUT2D eigenvalue weighted by Crippen LogP contribution is 2.18. The van der Waals surface area contributed by atoms with Gasteiger partial charge in [0.1, 0.15) is 13.2 Å². The summed E-state index contributed by atoms with van der Waals surface area (Å²) in [5.41, 5.74) is 0. The van der Waals surface area contributed by atoms with Crippen LogP contribution in [-0.2, 0) is 28.6 Å². The molecule has 0 bridgehead atoms. The van der Waals surface area contributed by atoms with Crippen LogP contribution in [0.3, 0.4) is 0 Å². The molecule has 0 radical (unpaired) electrons. The molecule has 0 aromatic rings. The van der Waals surface area contributed by atoms with E-state index in [1.165, 1.54) is 180 Å². The lowest BCUT2D eigenvalue weighted by molar-refractivity contribution is -0.167. The van der Waals surface area contributed by atoms with Gasteiger partial charge in [-0.15, -0.1) is 0 Å². The van der Waals surface area contributed by atoms with E-state index in [1.54, 1.807) is 0 Å². The second kappa shape index (κ2) is 45.9. The quantitative estimate of drug-likeness (QED) is 0.0345. The first kappa shape index (κ1) is 57.4. The van der Waals surface area contributed by atoms with Crippen LogP contribution in [0.15, 0.2) is 0 Å². The van der Waals surface area contributed by atoms with Crippen LogP contribution in [0.4, 0.5) is 0 Å². The summed E-state index contributed by atoms with van der Waals surface area (Å²) in [6.07, 6.45) is 46.6. The van der Waals surface area contributed by atoms with Crippen molar-refractivity contribution in [1.29, 1.82) is 0 Å². The van der Waals surface area contributed by atoms with Crippen molar-refractivity contribution in [3.63, 3.8) is 0 Å². The Morgan fingerprint density at radius 1 is 0.356 bits per heavy atom. The maximum absolute atomic E-state index is 12.8. The normalized spacial score (nSPS) is 12.5. The third-order valence-corrected chi connectivity index (χ3v) is 12.3. The van der Waals surface area contributed by atoms with E-state index in [4.69, 9.17) is 14.2 Å². The minimum atomic E-state index is -0.761. The van der Waals surface area contributed by atoms with Gasteiger partial charge in [0, 0.05) is 19.3 Å². The van der Waals surface area contributed by atoms with Gasteiger partial charge in [0.05, 0.1) is 0 Å². The molecule has 6 nitrogen and oxygen atoms in total. The molecule has 0 saturated carbocycles. The lowest BCUT2D eigenvalue weighted by atomic mass is 9.99. The smallest absolute Gasteiger partial charge is 0.306 e. The first-order chi connectivity index (χ1) is 28.8. The Labute approximate surface area is 368 Å². The molecule has 0 aliphatic carbocycles. The van der Waals surface area contributed by atoms with E-state index in [-0.39, 0.29) is 31.1 Å². The van der Waals surface area contributed by atoms with E-state index in [1.807, 2.05) is 0 Å². The third kappa shape index (κ3) is 45.8. The van der Waals surface area contributed by atoms with Crippen molar-refractivity contribution in [2.75, 3.05) is 13.2 Å². The van der Waals surface area contributed by atoms with Crippen molar-refractivity contribution in [2.24, 2.45) is 11.8 Å². The largest absolute Gasteiger partial charge is 0.462 e. The van der Waals surface area contributed by atoms with Crippen molar-refractivity contribution in [2.45, 2.75) is 298 Å². The zero-order valence-corrected chi connectivity index (χ0v) is 40.4. The molecule has 0 aliphatic heterocycles. The van der Waals surface area contributed by atoms with Crippen LogP contribution in [0.2, 0.25) is 0 Å². The highest BCUT2D eigenvalue weighted by molar-refractivity contribution is 5.71. The highest BCUT2D eigenvalue weighted by Gasteiger charge is 2.19. The molecule has 0 aromatic heterocycles. The lowest BCUT2D eigenvalue weighted by Crippen LogP contribution is -2.30. The molecule has 0 aromatic carbocycles. The van der Waals surface area contributed by atoms with Crippen LogP contribution < -0.4 is 0 Å². The average molecular weight is 835 g/mol. The van der Waals surface area contributed by atoms with Gasteiger partial charge >= 0.3 is 17.9 Å². The summed E-state index contributed by atoms with van der Waals surface area (Å²) in [6, 6.07) is 0. The third-order valence-electron chi connectivity index (χ3n) is 12.3. The molecule has 0 amide bonds. The number of rotatable bonds is 47. The summed E-state index contributed by atoms with van der Waals surface area (Å²) in [5.74, 6) is 0.842. The molecular formula is C53H102O6.